The van der Waals surface area contributed by atoms with Gasteiger partial charge in [0.25, 0.3) is 5.91 Å². The summed E-state index contributed by atoms with van der Waals surface area (Å²) in [6, 6.07) is 14.1. The lowest BCUT2D eigenvalue weighted by atomic mass is 10.1. The molecule has 1 amide bonds. The highest BCUT2D eigenvalue weighted by molar-refractivity contribution is 7.92. The molecule has 26 heavy (non-hydrogen) atoms. The van der Waals surface area contributed by atoms with Crippen molar-refractivity contribution in [2.24, 2.45) is 0 Å². The first-order valence-corrected chi connectivity index (χ1v) is 10.0. The van der Waals surface area contributed by atoms with Gasteiger partial charge in [-0.1, -0.05) is 12.1 Å². The molecule has 0 aromatic heterocycles. The van der Waals surface area contributed by atoms with E-state index >= 15 is 0 Å². The summed E-state index contributed by atoms with van der Waals surface area (Å²) in [6.45, 7) is 1.85. The summed E-state index contributed by atoms with van der Waals surface area (Å²) in [6.07, 6.45) is 2.09. The summed E-state index contributed by atoms with van der Waals surface area (Å²) in [5.74, 6) is -0.258. The third kappa shape index (κ3) is 3.55. The summed E-state index contributed by atoms with van der Waals surface area (Å²) in [5.41, 5.74) is 3.49. The minimum Gasteiger partial charge on any atom is -0.322 e. The zero-order valence-electron chi connectivity index (χ0n) is 14.6. The number of nitrogens with zero attached hydrogens (tertiary/aromatic N) is 2. The Bertz CT molecular complexity index is 992. The topological polar surface area (TPSA) is 90.3 Å². The fourth-order valence-electron chi connectivity index (χ4n) is 3.25. The van der Waals surface area contributed by atoms with Crippen molar-refractivity contribution in [3.05, 3.63) is 59.2 Å². The number of carbonyl (C=O) groups is 1. The van der Waals surface area contributed by atoms with Crippen LogP contribution in [0.5, 0.6) is 0 Å². The molecule has 6 nitrogen and oxygen atoms in total. The molecule has 7 heteroatoms. The fourth-order valence-corrected chi connectivity index (χ4v) is 4.51. The zero-order chi connectivity index (χ0) is 18.9. The standard InChI is InChI=1S/C19H19N3O3S/c1-13-11-16-12-15(5-8-18(16)22(13)26(2,24)25)19(23)21-17-6-3-14(4-7-17)9-10-20/h3-8,12-13H,9,11H2,1-2H3,(H,21,23). The number of amides is 1. The van der Waals surface area contributed by atoms with Gasteiger partial charge in [-0.05, 0) is 54.8 Å². The second kappa shape index (κ2) is 6.81. The van der Waals surface area contributed by atoms with E-state index in [2.05, 4.69) is 11.4 Å². The third-order valence-electron chi connectivity index (χ3n) is 4.35. The largest absolute Gasteiger partial charge is 0.322 e. The van der Waals surface area contributed by atoms with Crippen LogP contribution >= 0.6 is 0 Å². The van der Waals surface area contributed by atoms with Crippen LogP contribution in [0.3, 0.4) is 0 Å². The molecular weight excluding hydrogens is 350 g/mol. The Morgan fingerprint density at radius 2 is 1.96 bits per heavy atom. The van der Waals surface area contributed by atoms with Gasteiger partial charge in [-0.3, -0.25) is 9.10 Å². The molecule has 2 aromatic rings. The molecule has 0 spiro atoms. The van der Waals surface area contributed by atoms with E-state index < -0.39 is 10.0 Å². The van der Waals surface area contributed by atoms with Gasteiger partial charge in [-0.25, -0.2) is 8.42 Å². The lowest BCUT2D eigenvalue weighted by Crippen LogP contribution is -2.34. The molecule has 1 aliphatic heterocycles. The summed E-state index contributed by atoms with van der Waals surface area (Å²) < 4.78 is 25.3. The van der Waals surface area contributed by atoms with E-state index in [0.717, 1.165) is 11.1 Å². The third-order valence-corrected chi connectivity index (χ3v) is 5.62. The van der Waals surface area contributed by atoms with Crippen molar-refractivity contribution >= 4 is 27.3 Å². The van der Waals surface area contributed by atoms with Gasteiger partial charge in [0.15, 0.2) is 0 Å². The van der Waals surface area contributed by atoms with Crippen LogP contribution in [0.15, 0.2) is 42.5 Å². The molecule has 0 radical (unpaired) electrons. The molecule has 1 atom stereocenters. The maximum Gasteiger partial charge on any atom is 0.255 e. The number of carbonyl (C=O) groups excluding carboxylic acids is 1. The lowest BCUT2D eigenvalue weighted by molar-refractivity contribution is 0.102. The van der Waals surface area contributed by atoms with Gasteiger partial charge >= 0.3 is 0 Å². The minimum atomic E-state index is -3.35. The Morgan fingerprint density at radius 1 is 1.27 bits per heavy atom. The van der Waals surface area contributed by atoms with Crippen molar-refractivity contribution in [1.29, 1.82) is 5.26 Å². The van der Waals surface area contributed by atoms with Crippen molar-refractivity contribution < 1.29 is 13.2 Å². The van der Waals surface area contributed by atoms with Crippen LogP contribution < -0.4 is 9.62 Å². The Balaban J connectivity index is 1.80. The molecular formula is C19H19N3O3S. The first kappa shape index (κ1) is 18.0. The summed E-state index contributed by atoms with van der Waals surface area (Å²) >= 11 is 0. The Labute approximate surface area is 153 Å². The number of rotatable bonds is 4. The van der Waals surface area contributed by atoms with Crippen molar-refractivity contribution in [3.8, 4) is 6.07 Å². The van der Waals surface area contributed by atoms with Gasteiger partial charge in [0.1, 0.15) is 0 Å². The first-order valence-electron chi connectivity index (χ1n) is 8.19. The second-order valence-corrected chi connectivity index (χ2v) is 8.30. The number of benzene rings is 2. The van der Waals surface area contributed by atoms with E-state index in [-0.39, 0.29) is 11.9 Å². The van der Waals surface area contributed by atoms with E-state index in [4.69, 9.17) is 5.26 Å². The number of sulfonamides is 1. The average Bonchev–Trinajstić information content (AvgIpc) is 2.91. The maximum atomic E-state index is 12.5. The Hall–Kier alpha value is -2.85. The van der Waals surface area contributed by atoms with Crippen LogP contribution in [0, 0.1) is 11.3 Å². The Kier molecular flexibility index (Phi) is 4.70. The summed E-state index contributed by atoms with van der Waals surface area (Å²) in [7, 11) is -3.35. The zero-order valence-corrected chi connectivity index (χ0v) is 15.4. The molecule has 1 unspecified atom stereocenters. The molecule has 0 bridgehead atoms. The van der Waals surface area contributed by atoms with Gasteiger partial charge in [0, 0.05) is 17.3 Å². The second-order valence-electron chi connectivity index (χ2n) is 6.44. The number of hydrogen-bond donors (Lipinski definition) is 1. The van der Waals surface area contributed by atoms with Crippen LogP contribution in [-0.2, 0) is 22.9 Å². The first-order chi connectivity index (χ1) is 12.3. The van der Waals surface area contributed by atoms with Gasteiger partial charge in [0.2, 0.25) is 10.0 Å². The highest BCUT2D eigenvalue weighted by Crippen LogP contribution is 2.34. The average molecular weight is 369 g/mol. The molecule has 3 rings (SSSR count). The number of nitriles is 1. The Morgan fingerprint density at radius 3 is 2.58 bits per heavy atom. The van der Waals surface area contributed by atoms with Crippen LogP contribution in [-0.4, -0.2) is 26.6 Å². The fraction of sp³-hybridized carbons (Fsp3) is 0.263. The molecule has 1 N–H and O–H groups in total. The normalized spacial score (nSPS) is 16.0. The number of anilines is 2. The molecule has 0 fully saturated rings. The van der Waals surface area contributed by atoms with Crippen molar-refractivity contribution in [1.82, 2.24) is 0 Å². The molecule has 0 saturated carbocycles. The predicted molar refractivity (Wildman–Crippen MR) is 101 cm³/mol. The van der Waals surface area contributed by atoms with E-state index in [0.29, 0.717) is 29.8 Å². The molecule has 0 aliphatic carbocycles. The number of hydrogen-bond acceptors (Lipinski definition) is 4. The van der Waals surface area contributed by atoms with Gasteiger partial charge in [-0.2, -0.15) is 5.26 Å². The molecule has 1 heterocycles. The highest BCUT2D eigenvalue weighted by atomic mass is 32.2. The van der Waals surface area contributed by atoms with Crippen LogP contribution in [0.25, 0.3) is 0 Å². The SMILES string of the molecule is CC1Cc2cc(C(=O)Nc3ccc(CC#N)cc3)ccc2N1S(C)(=O)=O. The smallest absolute Gasteiger partial charge is 0.255 e. The van der Waals surface area contributed by atoms with Gasteiger partial charge in [-0.15, -0.1) is 0 Å². The predicted octanol–water partition coefficient (Wildman–Crippen LogP) is 2.72. The van der Waals surface area contributed by atoms with E-state index in [1.165, 1.54) is 10.6 Å². The molecule has 2 aromatic carbocycles. The van der Waals surface area contributed by atoms with Crippen LogP contribution in [0.2, 0.25) is 0 Å². The number of nitrogens with one attached hydrogen (secondary N) is 1. The maximum absolute atomic E-state index is 12.5. The monoisotopic (exact) mass is 369 g/mol. The van der Waals surface area contributed by atoms with Gasteiger partial charge in [0.05, 0.1) is 24.4 Å². The number of fused-ring (bicyclic) bond motifs is 1. The van der Waals surface area contributed by atoms with Crippen LogP contribution in [0.4, 0.5) is 11.4 Å². The summed E-state index contributed by atoms with van der Waals surface area (Å²) in [5, 5.41) is 11.5. The lowest BCUT2D eigenvalue weighted by Gasteiger charge is -2.21. The van der Waals surface area contributed by atoms with E-state index in [1.54, 1.807) is 42.5 Å². The molecule has 1 aliphatic rings. The van der Waals surface area contributed by atoms with E-state index in [9.17, 15) is 13.2 Å². The van der Waals surface area contributed by atoms with E-state index in [1.807, 2.05) is 6.92 Å². The highest BCUT2D eigenvalue weighted by Gasteiger charge is 2.32. The molecule has 134 valence electrons. The van der Waals surface area contributed by atoms with Gasteiger partial charge < -0.3 is 5.32 Å². The van der Waals surface area contributed by atoms with Crippen molar-refractivity contribution in [2.75, 3.05) is 15.9 Å². The summed E-state index contributed by atoms with van der Waals surface area (Å²) in [4.78, 5) is 12.5. The van der Waals surface area contributed by atoms with Crippen molar-refractivity contribution in [2.45, 2.75) is 25.8 Å². The van der Waals surface area contributed by atoms with Crippen molar-refractivity contribution in [3.63, 3.8) is 0 Å². The quantitative estimate of drug-likeness (QED) is 0.897. The van der Waals surface area contributed by atoms with Crippen LogP contribution in [0.1, 0.15) is 28.4 Å². The molecule has 0 saturated heterocycles. The minimum absolute atomic E-state index is 0.161.